The molecule has 2 aromatic carbocycles. The van der Waals surface area contributed by atoms with Gasteiger partial charge in [-0.2, -0.15) is 5.10 Å². The summed E-state index contributed by atoms with van der Waals surface area (Å²) in [6.07, 6.45) is 1.31. The van der Waals surface area contributed by atoms with Crippen molar-refractivity contribution in [3.63, 3.8) is 0 Å². The van der Waals surface area contributed by atoms with Crippen LogP contribution in [0.4, 0.5) is 5.69 Å². The third-order valence-corrected chi connectivity index (χ3v) is 5.21. The minimum Gasteiger partial charge on any atom is -0.495 e. The molecule has 1 fully saturated rings. The Labute approximate surface area is 178 Å². The van der Waals surface area contributed by atoms with Crippen LogP contribution < -0.4 is 15.1 Å². The molecule has 2 amide bonds. The van der Waals surface area contributed by atoms with E-state index in [1.807, 2.05) is 24.3 Å². The predicted molar refractivity (Wildman–Crippen MR) is 114 cm³/mol. The summed E-state index contributed by atoms with van der Waals surface area (Å²) in [5.74, 6) is -0.667. The van der Waals surface area contributed by atoms with Crippen LogP contribution in [-0.4, -0.2) is 56.2 Å². The van der Waals surface area contributed by atoms with Crippen molar-refractivity contribution in [2.24, 2.45) is 5.10 Å². The van der Waals surface area contributed by atoms with E-state index in [0.717, 1.165) is 11.4 Å². The maximum atomic E-state index is 12.4. The average Bonchev–Trinajstić information content (AvgIpc) is 2.75. The van der Waals surface area contributed by atoms with E-state index in [2.05, 4.69) is 15.4 Å². The first-order chi connectivity index (χ1) is 14.0. The fourth-order valence-electron chi connectivity index (χ4n) is 3.02. The highest BCUT2D eigenvalue weighted by atomic mass is 35.5. The Balaban J connectivity index is 1.55. The van der Waals surface area contributed by atoms with Gasteiger partial charge in [0, 0.05) is 31.7 Å². The van der Waals surface area contributed by atoms with Crippen molar-refractivity contribution in [3.8, 4) is 5.75 Å². The van der Waals surface area contributed by atoms with Crippen molar-refractivity contribution in [2.45, 2.75) is 0 Å². The number of nitrogens with one attached hydrogen (secondary N) is 1. The summed E-state index contributed by atoms with van der Waals surface area (Å²) in [7, 11) is 1.62. The SMILES string of the molecule is COc1ccccc1N1CCN(C(=O)C(=O)NN=Cc2c(Cl)cccc2Cl)CC1. The number of benzene rings is 2. The first kappa shape index (κ1) is 21.0. The van der Waals surface area contributed by atoms with Gasteiger partial charge in [-0.3, -0.25) is 9.59 Å². The van der Waals surface area contributed by atoms with Gasteiger partial charge in [-0.1, -0.05) is 41.4 Å². The molecule has 2 aromatic rings. The highest BCUT2D eigenvalue weighted by Crippen LogP contribution is 2.28. The van der Waals surface area contributed by atoms with E-state index >= 15 is 0 Å². The second kappa shape index (κ2) is 9.62. The van der Waals surface area contributed by atoms with Gasteiger partial charge in [-0.25, -0.2) is 5.43 Å². The van der Waals surface area contributed by atoms with Gasteiger partial charge in [0.05, 0.1) is 29.1 Å². The summed E-state index contributed by atoms with van der Waals surface area (Å²) in [5, 5.41) is 4.59. The molecule has 1 heterocycles. The van der Waals surface area contributed by atoms with E-state index in [1.165, 1.54) is 11.1 Å². The lowest BCUT2D eigenvalue weighted by molar-refractivity contribution is -0.146. The second-order valence-electron chi connectivity index (χ2n) is 6.29. The zero-order valence-electron chi connectivity index (χ0n) is 15.8. The summed E-state index contributed by atoms with van der Waals surface area (Å²) < 4.78 is 5.39. The Kier molecular flexibility index (Phi) is 6.95. The summed E-state index contributed by atoms with van der Waals surface area (Å²) in [5.41, 5.74) is 3.66. The number of para-hydroxylation sites is 2. The van der Waals surface area contributed by atoms with Gasteiger partial charge < -0.3 is 14.5 Å². The van der Waals surface area contributed by atoms with Crippen LogP contribution in [0, 0.1) is 0 Å². The van der Waals surface area contributed by atoms with Gasteiger partial charge in [-0.05, 0) is 24.3 Å². The Morgan fingerprint density at radius 2 is 1.69 bits per heavy atom. The highest BCUT2D eigenvalue weighted by molar-refractivity contribution is 6.38. The van der Waals surface area contributed by atoms with Gasteiger partial charge in [0.25, 0.3) is 0 Å². The molecule has 1 saturated heterocycles. The third-order valence-electron chi connectivity index (χ3n) is 4.55. The maximum absolute atomic E-state index is 12.4. The molecular formula is C20H20Cl2N4O3. The summed E-state index contributed by atoms with van der Waals surface area (Å²) in [6, 6.07) is 12.7. The molecule has 0 unspecified atom stereocenters. The van der Waals surface area contributed by atoms with Crippen molar-refractivity contribution in [1.29, 1.82) is 0 Å². The van der Waals surface area contributed by atoms with Crippen molar-refractivity contribution >= 4 is 46.9 Å². The van der Waals surface area contributed by atoms with E-state index in [0.29, 0.717) is 41.8 Å². The Morgan fingerprint density at radius 1 is 1.03 bits per heavy atom. The van der Waals surface area contributed by atoms with Crippen LogP contribution in [0.15, 0.2) is 47.6 Å². The monoisotopic (exact) mass is 434 g/mol. The van der Waals surface area contributed by atoms with E-state index in [4.69, 9.17) is 27.9 Å². The van der Waals surface area contributed by atoms with Crippen molar-refractivity contribution in [1.82, 2.24) is 10.3 Å². The Morgan fingerprint density at radius 3 is 2.34 bits per heavy atom. The van der Waals surface area contributed by atoms with Crippen LogP contribution >= 0.6 is 23.2 Å². The Bertz CT molecular complexity index is 907. The smallest absolute Gasteiger partial charge is 0.329 e. The molecule has 1 N–H and O–H groups in total. The zero-order valence-corrected chi connectivity index (χ0v) is 17.3. The molecule has 0 spiro atoms. The molecule has 3 rings (SSSR count). The normalized spacial score (nSPS) is 14.2. The number of halogens is 2. The number of nitrogens with zero attached hydrogens (tertiary/aromatic N) is 3. The number of anilines is 1. The number of carbonyl (C=O) groups excluding carboxylic acids is 2. The fraction of sp³-hybridized carbons (Fsp3) is 0.250. The molecule has 1 aliphatic heterocycles. The third kappa shape index (κ3) is 4.99. The number of hydrogen-bond acceptors (Lipinski definition) is 5. The van der Waals surface area contributed by atoms with E-state index < -0.39 is 11.8 Å². The van der Waals surface area contributed by atoms with Gasteiger partial charge in [0.1, 0.15) is 5.75 Å². The largest absolute Gasteiger partial charge is 0.495 e. The van der Waals surface area contributed by atoms with E-state index in [1.54, 1.807) is 25.3 Å². The molecule has 0 bridgehead atoms. The van der Waals surface area contributed by atoms with Crippen LogP contribution in [0.2, 0.25) is 10.0 Å². The number of amides is 2. The topological polar surface area (TPSA) is 74.2 Å². The van der Waals surface area contributed by atoms with E-state index in [9.17, 15) is 9.59 Å². The van der Waals surface area contributed by atoms with Gasteiger partial charge in [-0.15, -0.1) is 0 Å². The molecule has 1 aliphatic rings. The highest BCUT2D eigenvalue weighted by Gasteiger charge is 2.26. The fourth-order valence-corrected chi connectivity index (χ4v) is 3.52. The molecular weight excluding hydrogens is 415 g/mol. The van der Waals surface area contributed by atoms with Crippen LogP contribution in [0.5, 0.6) is 5.75 Å². The van der Waals surface area contributed by atoms with Crippen molar-refractivity contribution in [3.05, 3.63) is 58.1 Å². The summed E-state index contributed by atoms with van der Waals surface area (Å²) >= 11 is 12.1. The minimum absolute atomic E-state index is 0.397. The molecule has 0 aromatic heterocycles. The summed E-state index contributed by atoms with van der Waals surface area (Å²) in [6.45, 7) is 2.03. The molecule has 152 valence electrons. The number of piperazine rings is 1. The van der Waals surface area contributed by atoms with Gasteiger partial charge in [0.2, 0.25) is 0 Å². The Hall–Kier alpha value is -2.77. The molecule has 0 radical (unpaired) electrons. The summed E-state index contributed by atoms with van der Waals surface area (Å²) in [4.78, 5) is 28.1. The number of methoxy groups -OCH3 is 1. The van der Waals surface area contributed by atoms with Crippen LogP contribution in [0.1, 0.15) is 5.56 Å². The average molecular weight is 435 g/mol. The number of rotatable bonds is 4. The zero-order chi connectivity index (χ0) is 20.8. The molecule has 29 heavy (non-hydrogen) atoms. The molecule has 7 nitrogen and oxygen atoms in total. The van der Waals surface area contributed by atoms with Crippen LogP contribution in [0.3, 0.4) is 0 Å². The van der Waals surface area contributed by atoms with Crippen molar-refractivity contribution < 1.29 is 14.3 Å². The van der Waals surface area contributed by atoms with Gasteiger partial charge >= 0.3 is 11.8 Å². The van der Waals surface area contributed by atoms with Crippen LogP contribution in [0.25, 0.3) is 0 Å². The first-order valence-corrected chi connectivity index (χ1v) is 9.71. The number of carbonyl (C=O) groups is 2. The standard InChI is InChI=1S/C20H20Cl2N4O3/c1-29-18-8-3-2-7-17(18)25-9-11-26(12-10-25)20(28)19(27)24-23-13-14-15(21)5-4-6-16(14)22/h2-8,13H,9-12H2,1H3,(H,24,27). The lowest BCUT2D eigenvalue weighted by Gasteiger charge is -2.36. The van der Waals surface area contributed by atoms with Crippen LogP contribution in [-0.2, 0) is 9.59 Å². The van der Waals surface area contributed by atoms with Gasteiger partial charge in [0.15, 0.2) is 0 Å². The minimum atomic E-state index is -0.810. The maximum Gasteiger partial charge on any atom is 0.329 e. The second-order valence-corrected chi connectivity index (χ2v) is 7.10. The predicted octanol–water partition coefficient (Wildman–Crippen LogP) is 2.80. The quantitative estimate of drug-likeness (QED) is 0.456. The lowest BCUT2D eigenvalue weighted by atomic mass is 10.2. The molecule has 9 heteroatoms. The van der Waals surface area contributed by atoms with E-state index in [-0.39, 0.29) is 0 Å². The first-order valence-electron chi connectivity index (χ1n) is 8.95. The molecule has 0 saturated carbocycles. The lowest BCUT2D eigenvalue weighted by Crippen LogP contribution is -2.52. The van der Waals surface area contributed by atoms with Crippen molar-refractivity contribution in [2.75, 3.05) is 38.2 Å². The number of ether oxygens (including phenoxy) is 1. The number of hydrogen-bond donors (Lipinski definition) is 1. The molecule has 0 atom stereocenters. The molecule has 0 aliphatic carbocycles. The number of hydrazone groups is 1.